The first-order valence-electron chi connectivity index (χ1n) is 7.38. The molecule has 0 atom stereocenters. The summed E-state index contributed by atoms with van der Waals surface area (Å²) in [6.45, 7) is 0.202. The molecule has 1 aromatic carbocycles. The van der Waals surface area contributed by atoms with Crippen molar-refractivity contribution >= 4 is 40.0 Å². The highest BCUT2D eigenvalue weighted by Gasteiger charge is 2.11. The van der Waals surface area contributed by atoms with Gasteiger partial charge in [0.25, 0.3) is 0 Å². The minimum atomic E-state index is 0.202. The Morgan fingerprint density at radius 1 is 1.20 bits per heavy atom. The number of ether oxygens (including phenoxy) is 1. The maximum absolute atomic E-state index is 11.2. The number of pyridine rings is 1. The van der Waals surface area contributed by atoms with Gasteiger partial charge in [0.1, 0.15) is 22.4 Å². The molecule has 0 aliphatic rings. The van der Waals surface area contributed by atoms with E-state index in [1.807, 2.05) is 30.3 Å². The Labute approximate surface area is 155 Å². The van der Waals surface area contributed by atoms with Crippen LogP contribution in [0.15, 0.2) is 52.1 Å². The third kappa shape index (κ3) is 6.56. The van der Waals surface area contributed by atoms with Gasteiger partial charge in [-0.05, 0) is 28.1 Å². The topological polar surface area (TPSA) is 71.9 Å². The molecule has 6 nitrogen and oxygen atoms in total. The molecule has 0 amide bonds. The monoisotopic (exact) mass is 405 g/mol. The predicted octanol–water partition coefficient (Wildman–Crippen LogP) is 3.13. The van der Waals surface area contributed by atoms with Crippen LogP contribution in [-0.4, -0.2) is 56.1 Å². The van der Waals surface area contributed by atoms with Gasteiger partial charge in [0, 0.05) is 26.8 Å². The minimum absolute atomic E-state index is 0.202. The fourth-order valence-corrected chi connectivity index (χ4v) is 2.22. The molecular weight excluding hydrogens is 386 g/mol. The molecule has 0 unspecified atom stereocenters. The van der Waals surface area contributed by atoms with Gasteiger partial charge in [-0.2, -0.15) is 0 Å². The first-order chi connectivity index (χ1) is 12.1. The summed E-state index contributed by atoms with van der Waals surface area (Å²) in [7, 11) is 5.02. The molecule has 2 rings (SSSR count). The number of amidine groups is 1. The van der Waals surface area contributed by atoms with E-state index in [2.05, 4.69) is 30.6 Å². The zero-order valence-electron chi connectivity index (χ0n) is 14.3. The summed E-state index contributed by atoms with van der Waals surface area (Å²) in [5.74, 6) is 0.597. The van der Waals surface area contributed by atoms with E-state index in [0.717, 1.165) is 11.8 Å². The number of carbonyl (C=O) groups is 2. The molecule has 2 aromatic rings. The number of benzene rings is 1. The first kappa shape index (κ1) is 20.7. The Morgan fingerprint density at radius 3 is 2.40 bits per heavy atom. The average Bonchev–Trinajstić information content (AvgIpc) is 2.62. The van der Waals surface area contributed by atoms with Crippen molar-refractivity contribution in [3.05, 3.63) is 58.3 Å². The maximum atomic E-state index is 11.2. The third-order valence-electron chi connectivity index (χ3n) is 2.95. The van der Waals surface area contributed by atoms with E-state index in [1.165, 1.54) is 0 Å². The van der Waals surface area contributed by atoms with Gasteiger partial charge in [-0.25, -0.2) is 9.98 Å². The summed E-state index contributed by atoms with van der Waals surface area (Å²) < 4.78 is 4.82. The standard InChI is InChI=1S/C16H14BrN3O2.C2H6O/c1-20(9-10-21)16(12-5-3-2-4-6-12)19-13-7-8-15(17)18-14(13)11-22;1-3-2/h2-8,10-11H,9H2,1H3;1-2H3. The molecular formula is C18H20BrN3O3. The summed E-state index contributed by atoms with van der Waals surface area (Å²) in [4.78, 5) is 32.3. The van der Waals surface area contributed by atoms with E-state index in [-0.39, 0.29) is 12.2 Å². The normalized spacial score (nSPS) is 10.5. The second-order valence-corrected chi connectivity index (χ2v) is 5.73. The van der Waals surface area contributed by atoms with Crippen molar-refractivity contribution in [2.45, 2.75) is 0 Å². The van der Waals surface area contributed by atoms with Crippen molar-refractivity contribution in [3.8, 4) is 0 Å². The number of carbonyl (C=O) groups excluding carboxylic acids is 2. The molecule has 0 saturated carbocycles. The Hall–Kier alpha value is -2.38. The van der Waals surface area contributed by atoms with Crippen LogP contribution < -0.4 is 0 Å². The van der Waals surface area contributed by atoms with Crippen molar-refractivity contribution in [2.75, 3.05) is 27.8 Å². The van der Waals surface area contributed by atoms with Crippen molar-refractivity contribution < 1.29 is 14.3 Å². The molecule has 132 valence electrons. The first-order valence-corrected chi connectivity index (χ1v) is 8.17. The van der Waals surface area contributed by atoms with E-state index >= 15 is 0 Å². The Morgan fingerprint density at radius 2 is 1.84 bits per heavy atom. The Kier molecular flexibility index (Phi) is 9.28. The lowest BCUT2D eigenvalue weighted by Gasteiger charge is -2.19. The largest absolute Gasteiger partial charge is 0.388 e. The summed E-state index contributed by atoms with van der Waals surface area (Å²) in [5.41, 5.74) is 1.55. The van der Waals surface area contributed by atoms with Gasteiger partial charge < -0.3 is 14.4 Å². The van der Waals surface area contributed by atoms with Crippen molar-refractivity contribution in [1.29, 1.82) is 0 Å². The highest BCUT2D eigenvalue weighted by atomic mass is 79.9. The van der Waals surface area contributed by atoms with Crippen LogP contribution in [0.1, 0.15) is 16.1 Å². The van der Waals surface area contributed by atoms with Crippen LogP contribution in [0.3, 0.4) is 0 Å². The third-order valence-corrected chi connectivity index (χ3v) is 3.39. The van der Waals surface area contributed by atoms with Gasteiger partial charge in [-0.15, -0.1) is 0 Å². The lowest BCUT2D eigenvalue weighted by atomic mass is 10.2. The van der Waals surface area contributed by atoms with Crippen LogP contribution in [0.4, 0.5) is 5.69 Å². The summed E-state index contributed by atoms with van der Waals surface area (Å²) in [6.07, 6.45) is 1.46. The SMILES string of the molecule is CN(CC=O)C(=Nc1ccc(Br)nc1C=O)c1ccccc1.COC. The van der Waals surface area contributed by atoms with Crippen LogP contribution in [0.25, 0.3) is 0 Å². The number of nitrogens with zero attached hydrogens (tertiary/aromatic N) is 3. The molecule has 0 radical (unpaired) electrons. The molecule has 1 aromatic heterocycles. The average molecular weight is 406 g/mol. The summed E-state index contributed by atoms with van der Waals surface area (Å²) >= 11 is 3.23. The van der Waals surface area contributed by atoms with Crippen LogP contribution in [-0.2, 0) is 9.53 Å². The van der Waals surface area contributed by atoms with Gasteiger partial charge in [0.2, 0.25) is 0 Å². The number of likely N-dealkylation sites (N-methyl/N-ethyl adjacent to an activating group) is 1. The zero-order chi connectivity index (χ0) is 18.7. The molecule has 0 bridgehead atoms. The molecule has 7 heteroatoms. The van der Waals surface area contributed by atoms with Gasteiger partial charge in [0.15, 0.2) is 6.29 Å². The Bertz CT molecular complexity index is 721. The van der Waals surface area contributed by atoms with Crippen LogP contribution in [0, 0.1) is 0 Å². The quantitative estimate of drug-likeness (QED) is 0.330. The number of hydrogen-bond donors (Lipinski definition) is 0. The molecule has 0 aliphatic carbocycles. The summed E-state index contributed by atoms with van der Waals surface area (Å²) in [5, 5.41) is 0. The molecule has 0 saturated heterocycles. The van der Waals surface area contributed by atoms with E-state index in [9.17, 15) is 9.59 Å². The van der Waals surface area contributed by atoms with Gasteiger partial charge in [-0.1, -0.05) is 30.3 Å². The molecule has 1 heterocycles. The minimum Gasteiger partial charge on any atom is -0.388 e. The number of aldehydes is 2. The number of aliphatic imine (C=N–C) groups is 1. The van der Waals surface area contributed by atoms with Crippen molar-refractivity contribution in [2.24, 2.45) is 4.99 Å². The zero-order valence-corrected chi connectivity index (χ0v) is 15.9. The number of rotatable bonds is 5. The molecule has 0 spiro atoms. The maximum Gasteiger partial charge on any atom is 0.170 e. The number of hydrogen-bond acceptors (Lipinski definition) is 5. The fraction of sp³-hybridized carbons (Fsp3) is 0.222. The van der Waals surface area contributed by atoms with Crippen molar-refractivity contribution in [1.82, 2.24) is 9.88 Å². The second-order valence-electron chi connectivity index (χ2n) is 4.91. The van der Waals surface area contributed by atoms with Crippen LogP contribution >= 0.6 is 15.9 Å². The van der Waals surface area contributed by atoms with E-state index in [4.69, 9.17) is 0 Å². The van der Waals surface area contributed by atoms with Crippen LogP contribution in [0.5, 0.6) is 0 Å². The van der Waals surface area contributed by atoms with Gasteiger partial charge in [-0.3, -0.25) is 4.79 Å². The van der Waals surface area contributed by atoms with Gasteiger partial charge >= 0.3 is 0 Å². The Balaban J connectivity index is 0.000000970. The number of methoxy groups -OCH3 is 1. The van der Waals surface area contributed by atoms with Crippen LogP contribution in [0.2, 0.25) is 0 Å². The van der Waals surface area contributed by atoms with E-state index in [0.29, 0.717) is 22.4 Å². The molecule has 25 heavy (non-hydrogen) atoms. The molecule has 0 fully saturated rings. The lowest BCUT2D eigenvalue weighted by molar-refractivity contribution is -0.108. The predicted molar refractivity (Wildman–Crippen MR) is 102 cm³/mol. The van der Waals surface area contributed by atoms with Crippen molar-refractivity contribution in [3.63, 3.8) is 0 Å². The fourth-order valence-electron chi connectivity index (χ4n) is 1.89. The summed E-state index contributed by atoms with van der Waals surface area (Å²) in [6, 6.07) is 12.9. The van der Waals surface area contributed by atoms with E-state index < -0.39 is 0 Å². The highest BCUT2D eigenvalue weighted by molar-refractivity contribution is 9.10. The molecule has 0 N–H and O–H groups in total. The highest BCUT2D eigenvalue weighted by Crippen LogP contribution is 2.20. The molecule has 0 aliphatic heterocycles. The number of halogens is 1. The second kappa shape index (κ2) is 11.2. The smallest absolute Gasteiger partial charge is 0.170 e. The lowest BCUT2D eigenvalue weighted by Crippen LogP contribution is -2.29. The number of aromatic nitrogens is 1. The van der Waals surface area contributed by atoms with Gasteiger partial charge in [0.05, 0.1) is 12.2 Å². The van der Waals surface area contributed by atoms with E-state index in [1.54, 1.807) is 38.3 Å².